The van der Waals surface area contributed by atoms with Gasteiger partial charge in [-0.15, -0.1) is 0 Å². The molecule has 1 aromatic carbocycles. The van der Waals surface area contributed by atoms with Gasteiger partial charge in [0.2, 0.25) is 5.91 Å². The van der Waals surface area contributed by atoms with Gasteiger partial charge < -0.3 is 15.4 Å². The van der Waals surface area contributed by atoms with Gasteiger partial charge in [0.25, 0.3) is 5.91 Å². The summed E-state index contributed by atoms with van der Waals surface area (Å²) in [7, 11) is 0. The lowest BCUT2D eigenvalue weighted by Gasteiger charge is -2.09. The number of ether oxygens (including phenoxy) is 1. The second-order valence-electron chi connectivity index (χ2n) is 5.26. The van der Waals surface area contributed by atoms with Gasteiger partial charge in [-0.25, -0.2) is 0 Å². The average Bonchev–Trinajstić information content (AvgIpc) is 2.48. The molecule has 1 rings (SSSR count). The van der Waals surface area contributed by atoms with Gasteiger partial charge in [-0.05, 0) is 30.9 Å². The monoisotopic (exact) mass is 292 g/mol. The lowest BCUT2D eigenvalue weighted by atomic mass is 10.1. The Hall–Kier alpha value is -2.04. The van der Waals surface area contributed by atoms with E-state index in [-0.39, 0.29) is 25.0 Å². The summed E-state index contributed by atoms with van der Waals surface area (Å²) in [5.41, 5.74) is 0. The highest BCUT2D eigenvalue weighted by molar-refractivity contribution is 5.85. The summed E-state index contributed by atoms with van der Waals surface area (Å²) in [6.07, 6.45) is 2.03. The van der Waals surface area contributed by atoms with E-state index in [2.05, 4.69) is 24.5 Å². The molecule has 116 valence electrons. The maximum atomic E-state index is 11.5. The quantitative estimate of drug-likeness (QED) is 0.681. The first kappa shape index (κ1) is 17.0. The third-order valence-corrected chi connectivity index (χ3v) is 2.84. The molecule has 0 saturated heterocycles. The lowest BCUT2D eigenvalue weighted by molar-refractivity contribution is -0.127. The Kier molecular flexibility index (Phi) is 7.94. The smallest absolute Gasteiger partial charge is 0.258 e. The molecule has 5 heteroatoms. The second kappa shape index (κ2) is 9.80. The molecule has 0 heterocycles. The first-order chi connectivity index (χ1) is 10.1. The summed E-state index contributed by atoms with van der Waals surface area (Å²) in [6.45, 7) is 4.83. The number of nitrogens with one attached hydrogen (secondary N) is 2. The van der Waals surface area contributed by atoms with Crippen molar-refractivity contribution in [3.05, 3.63) is 30.3 Å². The normalized spacial score (nSPS) is 10.2. The Morgan fingerprint density at radius 1 is 1.10 bits per heavy atom. The Bertz CT molecular complexity index is 432. The molecule has 0 aliphatic rings. The molecule has 0 unspecified atom stereocenters. The minimum atomic E-state index is -0.309. The van der Waals surface area contributed by atoms with Crippen molar-refractivity contribution in [1.82, 2.24) is 10.6 Å². The van der Waals surface area contributed by atoms with Crippen LogP contribution in [0.5, 0.6) is 5.75 Å². The fourth-order valence-electron chi connectivity index (χ4n) is 1.70. The highest BCUT2D eigenvalue weighted by Crippen LogP contribution is 2.07. The number of rotatable bonds is 9. The van der Waals surface area contributed by atoms with Crippen molar-refractivity contribution < 1.29 is 14.3 Å². The third kappa shape index (κ3) is 8.68. The van der Waals surface area contributed by atoms with Gasteiger partial charge in [0.05, 0.1) is 6.54 Å². The minimum absolute atomic E-state index is 0.0152. The van der Waals surface area contributed by atoms with E-state index in [0.29, 0.717) is 18.2 Å². The van der Waals surface area contributed by atoms with Crippen LogP contribution in [0.2, 0.25) is 0 Å². The molecular weight excluding hydrogens is 268 g/mol. The zero-order chi connectivity index (χ0) is 15.5. The first-order valence-electron chi connectivity index (χ1n) is 7.29. The zero-order valence-corrected chi connectivity index (χ0v) is 12.7. The molecule has 0 atom stereocenters. The van der Waals surface area contributed by atoms with Gasteiger partial charge in [0.1, 0.15) is 5.75 Å². The maximum Gasteiger partial charge on any atom is 0.258 e. The number of benzene rings is 1. The van der Waals surface area contributed by atoms with Crippen LogP contribution in [0.25, 0.3) is 0 Å². The van der Waals surface area contributed by atoms with Crippen LogP contribution in [0.15, 0.2) is 30.3 Å². The highest BCUT2D eigenvalue weighted by Gasteiger charge is 2.06. The summed E-state index contributed by atoms with van der Waals surface area (Å²) in [4.78, 5) is 23.0. The van der Waals surface area contributed by atoms with Crippen molar-refractivity contribution in [3.8, 4) is 5.75 Å². The van der Waals surface area contributed by atoms with Crippen molar-refractivity contribution in [1.29, 1.82) is 0 Å². The molecule has 21 heavy (non-hydrogen) atoms. The number of amides is 2. The molecule has 0 fully saturated rings. The van der Waals surface area contributed by atoms with Crippen LogP contribution in [0.1, 0.15) is 26.7 Å². The molecule has 0 aromatic heterocycles. The maximum absolute atomic E-state index is 11.5. The second-order valence-corrected chi connectivity index (χ2v) is 5.26. The molecule has 0 aliphatic carbocycles. The Balaban J connectivity index is 2.08. The topological polar surface area (TPSA) is 67.4 Å². The van der Waals surface area contributed by atoms with Crippen LogP contribution >= 0.6 is 0 Å². The van der Waals surface area contributed by atoms with E-state index in [1.54, 1.807) is 12.1 Å². The zero-order valence-electron chi connectivity index (χ0n) is 12.7. The largest absolute Gasteiger partial charge is 0.484 e. The van der Waals surface area contributed by atoms with Crippen LogP contribution in [0.4, 0.5) is 0 Å². The molecule has 0 radical (unpaired) electrons. The predicted molar refractivity (Wildman–Crippen MR) is 82.0 cm³/mol. The number of carbonyl (C=O) groups is 2. The molecule has 0 aliphatic heterocycles. The molecule has 1 aromatic rings. The van der Waals surface area contributed by atoms with Gasteiger partial charge in [0.15, 0.2) is 6.61 Å². The van der Waals surface area contributed by atoms with Crippen molar-refractivity contribution in [3.63, 3.8) is 0 Å². The van der Waals surface area contributed by atoms with E-state index in [4.69, 9.17) is 4.74 Å². The fraction of sp³-hybridized carbons (Fsp3) is 0.500. The van der Waals surface area contributed by atoms with Gasteiger partial charge in [-0.1, -0.05) is 32.0 Å². The molecule has 0 bridgehead atoms. The van der Waals surface area contributed by atoms with Crippen LogP contribution in [0, 0.1) is 5.92 Å². The van der Waals surface area contributed by atoms with E-state index in [1.807, 2.05) is 18.2 Å². The van der Waals surface area contributed by atoms with E-state index < -0.39 is 0 Å². The number of hydrogen-bond acceptors (Lipinski definition) is 3. The van der Waals surface area contributed by atoms with Gasteiger partial charge in [-0.3, -0.25) is 9.59 Å². The first-order valence-corrected chi connectivity index (χ1v) is 7.29. The Labute approximate surface area is 126 Å². The molecule has 0 saturated carbocycles. The van der Waals surface area contributed by atoms with Crippen LogP contribution in [-0.2, 0) is 9.59 Å². The van der Waals surface area contributed by atoms with Crippen molar-refractivity contribution in [2.24, 2.45) is 5.92 Å². The average molecular weight is 292 g/mol. The van der Waals surface area contributed by atoms with Crippen molar-refractivity contribution >= 4 is 11.8 Å². The van der Waals surface area contributed by atoms with Crippen molar-refractivity contribution in [2.75, 3.05) is 19.7 Å². The van der Waals surface area contributed by atoms with Gasteiger partial charge in [-0.2, -0.15) is 0 Å². The van der Waals surface area contributed by atoms with E-state index in [9.17, 15) is 9.59 Å². The molecule has 2 amide bonds. The number of para-hydroxylation sites is 1. The molecule has 0 spiro atoms. The summed E-state index contributed by atoms with van der Waals surface area (Å²) in [6, 6.07) is 9.08. The van der Waals surface area contributed by atoms with Gasteiger partial charge >= 0.3 is 0 Å². The standard InChI is InChI=1S/C16H24N2O3/c1-13(2)7-6-10-17-15(19)11-18-16(20)12-21-14-8-4-3-5-9-14/h3-5,8-9,13H,6-7,10-12H2,1-2H3,(H,17,19)(H,18,20). The third-order valence-electron chi connectivity index (χ3n) is 2.84. The van der Waals surface area contributed by atoms with E-state index in [0.717, 1.165) is 12.8 Å². The van der Waals surface area contributed by atoms with E-state index >= 15 is 0 Å². The minimum Gasteiger partial charge on any atom is -0.484 e. The molecule has 2 N–H and O–H groups in total. The van der Waals surface area contributed by atoms with E-state index in [1.165, 1.54) is 0 Å². The Morgan fingerprint density at radius 3 is 2.48 bits per heavy atom. The predicted octanol–water partition coefficient (Wildman–Crippen LogP) is 1.73. The van der Waals surface area contributed by atoms with Crippen molar-refractivity contribution in [2.45, 2.75) is 26.7 Å². The summed E-state index contributed by atoms with van der Waals surface area (Å²) >= 11 is 0. The summed E-state index contributed by atoms with van der Waals surface area (Å²) < 4.78 is 5.28. The number of hydrogen-bond donors (Lipinski definition) is 2. The van der Waals surface area contributed by atoms with Crippen LogP contribution < -0.4 is 15.4 Å². The lowest BCUT2D eigenvalue weighted by Crippen LogP contribution is -2.39. The number of carbonyl (C=O) groups excluding carboxylic acids is 2. The summed E-state index contributed by atoms with van der Waals surface area (Å²) in [5, 5.41) is 5.30. The highest BCUT2D eigenvalue weighted by atomic mass is 16.5. The van der Waals surface area contributed by atoms with Crippen LogP contribution in [0.3, 0.4) is 0 Å². The van der Waals surface area contributed by atoms with Crippen LogP contribution in [-0.4, -0.2) is 31.5 Å². The molecular formula is C16H24N2O3. The molecule has 5 nitrogen and oxygen atoms in total. The Morgan fingerprint density at radius 2 is 1.81 bits per heavy atom. The fourth-order valence-corrected chi connectivity index (χ4v) is 1.70. The summed E-state index contributed by atoms with van der Waals surface area (Å²) in [5.74, 6) is 0.783. The SMILES string of the molecule is CC(C)CCCNC(=O)CNC(=O)COc1ccccc1. The van der Waals surface area contributed by atoms with Gasteiger partial charge in [0, 0.05) is 6.54 Å².